The highest BCUT2D eigenvalue weighted by Gasteiger charge is 2.45. The molecule has 0 aromatic heterocycles. The third-order valence-electron chi connectivity index (χ3n) is 3.50. The molecule has 0 amide bonds. The van der Waals surface area contributed by atoms with Crippen molar-refractivity contribution in [3.05, 3.63) is 34.1 Å². The van der Waals surface area contributed by atoms with Gasteiger partial charge in [-0.15, -0.1) is 0 Å². The standard InChI is InChI=1S/C14H16BrFO3S/c1-19-13(17)7-14(4-5-14)9-20(18)8-10-2-3-11(16)6-12(10)15/h2-3,6H,4-5,7-9H2,1H3. The first-order valence-corrected chi connectivity index (χ1v) is 8.58. The van der Waals surface area contributed by atoms with Gasteiger partial charge in [0.05, 0.1) is 13.5 Å². The normalized spacial score (nSPS) is 17.6. The van der Waals surface area contributed by atoms with Crippen molar-refractivity contribution in [2.24, 2.45) is 5.41 Å². The van der Waals surface area contributed by atoms with Crippen molar-refractivity contribution >= 4 is 32.7 Å². The van der Waals surface area contributed by atoms with Crippen LogP contribution in [0.2, 0.25) is 0 Å². The second-order valence-electron chi connectivity index (χ2n) is 5.22. The van der Waals surface area contributed by atoms with Crippen LogP contribution in [0.4, 0.5) is 4.39 Å². The van der Waals surface area contributed by atoms with Gasteiger partial charge in [-0.05, 0) is 36.0 Å². The molecule has 2 rings (SSSR count). The van der Waals surface area contributed by atoms with Gasteiger partial charge in [-0.3, -0.25) is 9.00 Å². The predicted molar refractivity (Wildman–Crippen MR) is 79.1 cm³/mol. The minimum atomic E-state index is -1.07. The molecule has 1 fully saturated rings. The summed E-state index contributed by atoms with van der Waals surface area (Å²) in [6, 6.07) is 4.36. The van der Waals surface area contributed by atoms with E-state index in [-0.39, 0.29) is 17.2 Å². The lowest BCUT2D eigenvalue weighted by Crippen LogP contribution is -2.18. The Labute approximate surface area is 128 Å². The molecule has 1 aliphatic carbocycles. The Bertz CT molecular complexity index is 543. The van der Waals surface area contributed by atoms with Crippen molar-refractivity contribution in [1.29, 1.82) is 0 Å². The summed E-state index contributed by atoms with van der Waals surface area (Å²) < 4.78 is 30.5. The molecule has 1 saturated carbocycles. The highest BCUT2D eigenvalue weighted by atomic mass is 79.9. The molecule has 110 valence electrons. The first-order valence-electron chi connectivity index (χ1n) is 6.30. The quantitative estimate of drug-likeness (QED) is 0.730. The highest BCUT2D eigenvalue weighted by Crippen LogP contribution is 2.49. The molecule has 1 aromatic carbocycles. The molecule has 1 aliphatic rings. The number of esters is 1. The van der Waals surface area contributed by atoms with Crippen molar-refractivity contribution in [2.45, 2.75) is 25.0 Å². The van der Waals surface area contributed by atoms with Crippen LogP contribution in [-0.2, 0) is 26.1 Å². The minimum absolute atomic E-state index is 0.148. The van der Waals surface area contributed by atoms with Gasteiger partial charge in [0.25, 0.3) is 0 Å². The molecule has 20 heavy (non-hydrogen) atoms. The number of hydrogen-bond acceptors (Lipinski definition) is 3. The molecule has 6 heteroatoms. The summed E-state index contributed by atoms with van der Waals surface area (Å²) in [6.45, 7) is 0. The number of ether oxygens (including phenoxy) is 1. The Balaban J connectivity index is 1.94. The van der Waals surface area contributed by atoms with Crippen LogP contribution >= 0.6 is 15.9 Å². The molecule has 1 unspecified atom stereocenters. The van der Waals surface area contributed by atoms with E-state index in [1.165, 1.54) is 19.2 Å². The van der Waals surface area contributed by atoms with Gasteiger partial charge in [0.15, 0.2) is 0 Å². The maximum atomic E-state index is 13.0. The van der Waals surface area contributed by atoms with Crippen LogP contribution in [0.25, 0.3) is 0 Å². The Hall–Kier alpha value is -0.750. The number of halogens is 2. The van der Waals surface area contributed by atoms with Gasteiger partial charge in [0.2, 0.25) is 0 Å². The van der Waals surface area contributed by atoms with Crippen molar-refractivity contribution in [2.75, 3.05) is 12.9 Å². The van der Waals surface area contributed by atoms with Gasteiger partial charge < -0.3 is 4.74 Å². The SMILES string of the molecule is COC(=O)CC1(CS(=O)Cc2ccc(F)cc2Br)CC1. The van der Waals surface area contributed by atoms with E-state index >= 15 is 0 Å². The molecule has 0 radical (unpaired) electrons. The second kappa shape index (κ2) is 6.35. The number of rotatable bonds is 6. The Kier molecular flexibility index (Phi) is 4.96. The largest absolute Gasteiger partial charge is 0.469 e. The van der Waals surface area contributed by atoms with Gasteiger partial charge >= 0.3 is 5.97 Å². The zero-order valence-electron chi connectivity index (χ0n) is 11.2. The van der Waals surface area contributed by atoms with Gasteiger partial charge in [0, 0.05) is 26.8 Å². The number of carbonyl (C=O) groups excluding carboxylic acids is 1. The topological polar surface area (TPSA) is 43.4 Å². The van der Waals surface area contributed by atoms with E-state index in [1.807, 2.05) is 0 Å². The Morgan fingerprint density at radius 3 is 2.75 bits per heavy atom. The second-order valence-corrected chi connectivity index (χ2v) is 7.53. The van der Waals surface area contributed by atoms with Gasteiger partial charge in [-0.1, -0.05) is 22.0 Å². The molecule has 0 aliphatic heterocycles. The average molecular weight is 363 g/mol. The van der Waals surface area contributed by atoms with Crippen molar-refractivity contribution in [3.8, 4) is 0 Å². The molecule has 0 bridgehead atoms. The molecule has 0 saturated heterocycles. The van der Waals surface area contributed by atoms with Crippen molar-refractivity contribution in [3.63, 3.8) is 0 Å². The van der Waals surface area contributed by atoms with Crippen LogP contribution in [0.1, 0.15) is 24.8 Å². The number of hydrogen-bond donors (Lipinski definition) is 0. The summed E-state index contributed by atoms with van der Waals surface area (Å²) in [4.78, 5) is 11.3. The first-order chi connectivity index (χ1) is 9.44. The van der Waals surface area contributed by atoms with E-state index in [2.05, 4.69) is 20.7 Å². The van der Waals surface area contributed by atoms with E-state index in [0.717, 1.165) is 18.4 Å². The van der Waals surface area contributed by atoms with E-state index < -0.39 is 10.8 Å². The highest BCUT2D eigenvalue weighted by molar-refractivity contribution is 9.10. The van der Waals surface area contributed by atoms with E-state index in [4.69, 9.17) is 0 Å². The summed E-state index contributed by atoms with van der Waals surface area (Å²) in [7, 11) is 0.293. The van der Waals surface area contributed by atoms with Crippen LogP contribution in [0.5, 0.6) is 0 Å². The summed E-state index contributed by atoms with van der Waals surface area (Å²) in [5.41, 5.74) is 0.670. The number of carbonyl (C=O) groups is 1. The summed E-state index contributed by atoms with van der Waals surface area (Å²) in [6.07, 6.45) is 2.16. The molecular formula is C14H16BrFO3S. The van der Waals surface area contributed by atoms with E-state index in [9.17, 15) is 13.4 Å². The summed E-state index contributed by atoms with van der Waals surface area (Å²) in [5.74, 6) is 0.286. The fourth-order valence-electron chi connectivity index (χ4n) is 2.13. The molecule has 3 nitrogen and oxygen atoms in total. The van der Waals surface area contributed by atoms with E-state index in [1.54, 1.807) is 6.07 Å². The fourth-order valence-corrected chi connectivity index (χ4v) is 4.58. The van der Waals surface area contributed by atoms with Gasteiger partial charge in [-0.2, -0.15) is 0 Å². The number of methoxy groups -OCH3 is 1. The number of benzene rings is 1. The monoisotopic (exact) mass is 362 g/mol. The maximum Gasteiger partial charge on any atom is 0.306 e. The molecule has 0 spiro atoms. The first kappa shape index (κ1) is 15.6. The van der Waals surface area contributed by atoms with Gasteiger partial charge in [-0.25, -0.2) is 4.39 Å². The Morgan fingerprint density at radius 1 is 1.50 bits per heavy atom. The summed E-state index contributed by atoms with van der Waals surface area (Å²) >= 11 is 3.27. The Morgan fingerprint density at radius 2 is 2.20 bits per heavy atom. The third kappa shape index (κ3) is 4.12. The lowest BCUT2D eigenvalue weighted by Gasteiger charge is -2.13. The van der Waals surface area contributed by atoms with Crippen molar-refractivity contribution < 1.29 is 18.1 Å². The fraction of sp³-hybridized carbons (Fsp3) is 0.500. The van der Waals surface area contributed by atoms with E-state index in [0.29, 0.717) is 22.4 Å². The molecule has 1 aromatic rings. The smallest absolute Gasteiger partial charge is 0.306 e. The van der Waals surface area contributed by atoms with Crippen LogP contribution in [0.15, 0.2) is 22.7 Å². The molecule has 1 atom stereocenters. The zero-order chi connectivity index (χ0) is 14.8. The lowest BCUT2D eigenvalue weighted by atomic mass is 10.1. The van der Waals surface area contributed by atoms with Crippen LogP contribution in [0, 0.1) is 11.2 Å². The zero-order valence-corrected chi connectivity index (χ0v) is 13.6. The van der Waals surface area contributed by atoms with Crippen LogP contribution < -0.4 is 0 Å². The molecule has 0 N–H and O–H groups in total. The third-order valence-corrected chi connectivity index (χ3v) is 5.81. The van der Waals surface area contributed by atoms with Gasteiger partial charge in [0.1, 0.15) is 5.82 Å². The van der Waals surface area contributed by atoms with Crippen LogP contribution in [0.3, 0.4) is 0 Å². The molecular weight excluding hydrogens is 347 g/mol. The van der Waals surface area contributed by atoms with Crippen LogP contribution in [-0.4, -0.2) is 23.0 Å². The molecule has 0 heterocycles. The average Bonchev–Trinajstić information content (AvgIpc) is 3.12. The predicted octanol–water partition coefficient (Wildman–Crippen LogP) is 3.18. The lowest BCUT2D eigenvalue weighted by molar-refractivity contribution is -0.141. The maximum absolute atomic E-state index is 13.0. The van der Waals surface area contributed by atoms with Crippen molar-refractivity contribution in [1.82, 2.24) is 0 Å². The summed E-state index contributed by atoms with van der Waals surface area (Å²) in [5, 5.41) is 0. The minimum Gasteiger partial charge on any atom is -0.469 e.